The van der Waals surface area contributed by atoms with Crippen molar-refractivity contribution in [2.75, 3.05) is 25.0 Å². The molecule has 1 fully saturated rings. The van der Waals surface area contributed by atoms with Crippen molar-refractivity contribution in [2.24, 2.45) is 0 Å². The van der Waals surface area contributed by atoms with Gasteiger partial charge in [0.1, 0.15) is 6.10 Å². The van der Waals surface area contributed by atoms with Crippen molar-refractivity contribution in [2.45, 2.75) is 38.6 Å². The van der Waals surface area contributed by atoms with Gasteiger partial charge in [-0.3, -0.25) is 4.79 Å². The van der Waals surface area contributed by atoms with E-state index < -0.39 is 5.79 Å². The normalized spacial score (nSPS) is 23.2. The first-order chi connectivity index (χ1) is 10.1. The van der Waals surface area contributed by atoms with Gasteiger partial charge >= 0.3 is 0 Å². The quantitative estimate of drug-likeness (QED) is 0.893. The smallest absolute Gasteiger partial charge is 0.251 e. The monoisotopic (exact) mass is 290 g/mol. The van der Waals surface area contributed by atoms with Crippen molar-refractivity contribution in [3.8, 4) is 0 Å². The van der Waals surface area contributed by atoms with Crippen molar-refractivity contribution >= 4 is 11.6 Å². The van der Waals surface area contributed by atoms with E-state index in [9.17, 15) is 4.79 Å². The number of fused-ring (bicyclic) bond motifs is 1. The number of carbonyl (C=O) groups is 1. The summed E-state index contributed by atoms with van der Waals surface area (Å²) in [6.07, 6.45) is 1.93. The van der Waals surface area contributed by atoms with Crippen LogP contribution >= 0.6 is 0 Å². The van der Waals surface area contributed by atoms with E-state index in [1.54, 1.807) is 0 Å². The molecule has 0 saturated carbocycles. The first kappa shape index (κ1) is 14.4. The maximum absolute atomic E-state index is 12.4. The topological polar surface area (TPSA) is 59.6 Å². The summed E-state index contributed by atoms with van der Waals surface area (Å²) in [5.74, 6) is -0.588. The molecule has 3 rings (SSSR count). The molecule has 1 aromatic rings. The number of anilines is 1. The zero-order chi connectivity index (χ0) is 14.9. The molecule has 1 amide bonds. The molecule has 5 nitrogen and oxygen atoms in total. The first-order valence-electron chi connectivity index (χ1n) is 7.51. The lowest BCUT2D eigenvalue weighted by atomic mass is 9.97. The van der Waals surface area contributed by atoms with Crippen molar-refractivity contribution in [3.05, 3.63) is 29.3 Å². The van der Waals surface area contributed by atoms with E-state index >= 15 is 0 Å². The van der Waals surface area contributed by atoms with Gasteiger partial charge in [-0.15, -0.1) is 0 Å². The van der Waals surface area contributed by atoms with E-state index in [0.29, 0.717) is 13.2 Å². The summed E-state index contributed by atoms with van der Waals surface area (Å²) in [5.41, 5.74) is 2.96. The van der Waals surface area contributed by atoms with Crippen molar-refractivity contribution in [3.63, 3.8) is 0 Å². The minimum absolute atomic E-state index is 0.0381. The predicted molar refractivity (Wildman–Crippen MR) is 80.5 cm³/mol. The largest absolute Gasteiger partial charge is 0.385 e. The maximum Gasteiger partial charge on any atom is 0.251 e. The Morgan fingerprint density at radius 1 is 1.48 bits per heavy atom. The van der Waals surface area contributed by atoms with E-state index in [1.807, 2.05) is 32.0 Å². The third-order valence-corrected chi connectivity index (χ3v) is 3.90. The van der Waals surface area contributed by atoms with E-state index in [2.05, 4.69) is 10.6 Å². The van der Waals surface area contributed by atoms with Crippen LogP contribution in [-0.4, -0.2) is 37.5 Å². The van der Waals surface area contributed by atoms with Gasteiger partial charge in [-0.05, 0) is 44.4 Å². The van der Waals surface area contributed by atoms with E-state index in [4.69, 9.17) is 9.47 Å². The van der Waals surface area contributed by atoms with Gasteiger partial charge in [0.05, 0.1) is 6.61 Å². The van der Waals surface area contributed by atoms with Crippen LogP contribution in [-0.2, 0) is 15.9 Å². The molecule has 2 heterocycles. The second-order valence-corrected chi connectivity index (χ2v) is 6.02. The van der Waals surface area contributed by atoms with Crippen LogP contribution in [0.2, 0.25) is 0 Å². The van der Waals surface area contributed by atoms with Gasteiger partial charge < -0.3 is 20.1 Å². The fraction of sp³-hybridized carbons (Fsp3) is 0.562. The molecule has 1 aromatic carbocycles. The summed E-state index contributed by atoms with van der Waals surface area (Å²) >= 11 is 0. The van der Waals surface area contributed by atoms with Crippen LogP contribution < -0.4 is 10.6 Å². The van der Waals surface area contributed by atoms with Crippen molar-refractivity contribution < 1.29 is 14.3 Å². The third kappa shape index (κ3) is 3.19. The van der Waals surface area contributed by atoms with Gasteiger partial charge in [0, 0.05) is 24.3 Å². The average molecular weight is 290 g/mol. The summed E-state index contributed by atoms with van der Waals surface area (Å²) in [7, 11) is 0. The van der Waals surface area contributed by atoms with Crippen LogP contribution in [0, 0.1) is 0 Å². The van der Waals surface area contributed by atoms with Crippen LogP contribution in [0.15, 0.2) is 18.2 Å². The molecule has 5 heteroatoms. The minimum atomic E-state index is -0.550. The summed E-state index contributed by atoms with van der Waals surface area (Å²) in [6, 6.07) is 5.84. The molecule has 2 aliphatic heterocycles. The number of nitrogens with one attached hydrogen (secondary N) is 2. The van der Waals surface area contributed by atoms with Crippen molar-refractivity contribution in [1.29, 1.82) is 0 Å². The van der Waals surface area contributed by atoms with Crippen LogP contribution in [0.4, 0.5) is 5.69 Å². The lowest BCUT2D eigenvalue weighted by Crippen LogP contribution is -2.35. The summed E-state index contributed by atoms with van der Waals surface area (Å²) in [6.45, 7) is 5.73. The number of hydrogen-bond donors (Lipinski definition) is 2. The number of amides is 1. The minimum Gasteiger partial charge on any atom is -0.385 e. The molecule has 114 valence electrons. The molecular weight excluding hydrogens is 268 g/mol. The first-order valence-corrected chi connectivity index (χ1v) is 7.51. The van der Waals surface area contributed by atoms with Gasteiger partial charge in [-0.1, -0.05) is 6.07 Å². The third-order valence-electron chi connectivity index (χ3n) is 3.90. The number of ether oxygens (including phenoxy) is 2. The molecule has 1 unspecified atom stereocenters. The summed E-state index contributed by atoms with van der Waals surface area (Å²) in [5, 5.41) is 6.30. The molecule has 21 heavy (non-hydrogen) atoms. The molecule has 0 aliphatic carbocycles. The van der Waals surface area contributed by atoms with Gasteiger partial charge in [0.25, 0.3) is 5.91 Å². The Labute approximate surface area is 125 Å². The number of benzene rings is 1. The molecule has 2 aliphatic rings. The van der Waals surface area contributed by atoms with Crippen LogP contribution in [0.5, 0.6) is 0 Å². The summed E-state index contributed by atoms with van der Waals surface area (Å²) < 4.78 is 11.2. The Balaban J connectivity index is 1.64. The second kappa shape index (κ2) is 5.66. The van der Waals surface area contributed by atoms with E-state index in [1.165, 1.54) is 0 Å². The highest BCUT2D eigenvalue weighted by Gasteiger charge is 2.32. The fourth-order valence-electron chi connectivity index (χ4n) is 2.89. The highest BCUT2D eigenvalue weighted by molar-refractivity contribution is 5.97. The highest BCUT2D eigenvalue weighted by atomic mass is 16.7. The SMILES string of the molecule is CC1(C)OCC(CNC(=O)c2cccc3c2CCCN3)O1. The lowest BCUT2D eigenvalue weighted by molar-refractivity contribution is -0.137. The fourth-order valence-corrected chi connectivity index (χ4v) is 2.89. The van der Waals surface area contributed by atoms with Gasteiger partial charge in [0.2, 0.25) is 0 Å². The molecule has 1 saturated heterocycles. The standard InChI is InChI=1S/C16H22N2O3/c1-16(2)20-10-11(21-16)9-18-15(19)13-5-3-7-14-12(13)6-4-8-17-14/h3,5,7,11,17H,4,6,8-10H2,1-2H3,(H,18,19). The maximum atomic E-state index is 12.4. The number of hydrogen-bond acceptors (Lipinski definition) is 4. The Morgan fingerprint density at radius 3 is 3.10 bits per heavy atom. The zero-order valence-electron chi connectivity index (χ0n) is 12.6. The van der Waals surface area contributed by atoms with Crippen LogP contribution in [0.25, 0.3) is 0 Å². The molecule has 0 bridgehead atoms. The molecular formula is C16H22N2O3. The van der Waals surface area contributed by atoms with Crippen molar-refractivity contribution in [1.82, 2.24) is 5.32 Å². The summed E-state index contributed by atoms with van der Waals surface area (Å²) in [4.78, 5) is 12.4. The Hall–Kier alpha value is -1.59. The predicted octanol–water partition coefficient (Wildman–Crippen LogP) is 1.93. The van der Waals surface area contributed by atoms with E-state index in [-0.39, 0.29) is 12.0 Å². The Bertz CT molecular complexity index is 542. The van der Waals surface area contributed by atoms with Gasteiger partial charge in [-0.2, -0.15) is 0 Å². The molecule has 1 atom stereocenters. The number of carbonyl (C=O) groups excluding carboxylic acids is 1. The molecule has 0 radical (unpaired) electrons. The lowest BCUT2D eigenvalue weighted by Gasteiger charge is -2.21. The van der Waals surface area contributed by atoms with Crippen LogP contribution in [0.1, 0.15) is 36.2 Å². The van der Waals surface area contributed by atoms with Gasteiger partial charge in [-0.25, -0.2) is 0 Å². The Kier molecular flexibility index (Phi) is 3.87. The zero-order valence-corrected chi connectivity index (χ0v) is 12.6. The molecule has 0 spiro atoms. The second-order valence-electron chi connectivity index (χ2n) is 6.02. The highest BCUT2D eigenvalue weighted by Crippen LogP contribution is 2.25. The van der Waals surface area contributed by atoms with Gasteiger partial charge in [0.15, 0.2) is 5.79 Å². The molecule has 0 aromatic heterocycles. The molecule has 2 N–H and O–H groups in total. The number of rotatable bonds is 3. The average Bonchev–Trinajstić information content (AvgIpc) is 2.83. The Morgan fingerprint density at radius 2 is 2.33 bits per heavy atom. The van der Waals surface area contributed by atoms with Crippen LogP contribution in [0.3, 0.4) is 0 Å². The van der Waals surface area contributed by atoms with E-state index in [0.717, 1.165) is 36.2 Å².